The number of nitrogens with zero attached hydrogens (tertiary/aromatic N) is 1. The number of hydrogen-bond donors (Lipinski definition) is 0. The number of hydrogen-bond acceptors (Lipinski definition) is 0. The Morgan fingerprint density at radius 2 is 1.00 bits per heavy atom. The molecule has 0 unspecified atom stereocenters. The molecule has 1 nitrogen and oxygen atoms in total. The molecule has 0 saturated heterocycles. The molecule has 0 radical (unpaired) electrons. The largest absolute Gasteiger partial charge is 1.00 e. The molecule has 0 amide bonds. The van der Waals surface area contributed by atoms with Gasteiger partial charge in [0.05, 0.1) is 20.6 Å². The van der Waals surface area contributed by atoms with Crippen LogP contribution in [0.25, 0.3) is 0 Å². The summed E-state index contributed by atoms with van der Waals surface area (Å²) in [5, 5.41) is 0. The van der Waals surface area contributed by atoms with Crippen molar-refractivity contribution in [2.24, 2.45) is 0 Å². The van der Waals surface area contributed by atoms with Gasteiger partial charge in [0.15, 0.2) is 0 Å². The molecular formula is C25H47ClNNa+2. The van der Waals surface area contributed by atoms with Crippen LogP contribution in [-0.2, 0) is 6.54 Å². The second kappa shape index (κ2) is 20.7. The van der Waals surface area contributed by atoms with E-state index in [0.717, 1.165) is 11.0 Å². The second-order valence-corrected chi connectivity index (χ2v) is 8.90. The van der Waals surface area contributed by atoms with E-state index in [-0.39, 0.29) is 42.0 Å². The van der Waals surface area contributed by atoms with Crippen molar-refractivity contribution in [3.8, 4) is 0 Å². The number of rotatable bonds is 17. The molecule has 0 aliphatic rings. The van der Waals surface area contributed by atoms with Crippen LogP contribution in [0.3, 0.4) is 0 Å². The Morgan fingerprint density at radius 1 is 0.607 bits per heavy atom. The van der Waals surface area contributed by atoms with Crippen LogP contribution in [0.5, 0.6) is 0 Å². The van der Waals surface area contributed by atoms with Gasteiger partial charge in [0.25, 0.3) is 0 Å². The maximum Gasteiger partial charge on any atom is 1.00 e. The predicted molar refractivity (Wildman–Crippen MR) is 125 cm³/mol. The summed E-state index contributed by atoms with van der Waals surface area (Å²) in [6, 6.07) is 10.9. The number of unbranched alkanes of at least 4 members (excludes halogenated alkanes) is 13. The predicted octanol–water partition coefficient (Wildman–Crippen LogP) is 5.17. The fourth-order valence-electron chi connectivity index (χ4n) is 3.89. The molecular weight excluding hydrogens is 373 g/mol. The molecule has 1 rings (SSSR count). The molecule has 0 spiro atoms. The van der Waals surface area contributed by atoms with Crippen molar-refractivity contribution in [2.75, 3.05) is 20.6 Å². The van der Waals surface area contributed by atoms with Gasteiger partial charge in [-0.3, -0.25) is 0 Å². The Hall–Kier alpha value is 0.470. The van der Waals surface area contributed by atoms with Gasteiger partial charge in [-0.1, -0.05) is 114 Å². The van der Waals surface area contributed by atoms with Crippen molar-refractivity contribution in [2.45, 2.75) is 103 Å². The summed E-state index contributed by atoms with van der Waals surface area (Å²) in [4.78, 5) is 0. The summed E-state index contributed by atoms with van der Waals surface area (Å²) < 4.78 is 1.11. The van der Waals surface area contributed by atoms with Crippen molar-refractivity contribution in [1.29, 1.82) is 0 Å². The molecule has 0 fully saturated rings. The standard InChI is InChI=1S/C25H46N.ClH.Na/c1-4-5-6-7-8-9-10-11-12-13-14-15-16-20-23-26(2,3)24-25-21-18-17-19-22-25;;/h17-19,21-22H,4-16,20,23-24H2,1-3H3;1H;/q+1;;+1. The molecule has 0 saturated carbocycles. The SMILES string of the molecule is CCCCCCCCCCCCCCCC[N+](C)(C)Cc1ccccc1.Cl.[Na+]. The van der Waals surface area contributed by atoms with E-state index in [1.54, 1.807) is 0 Å². The topological polar surface area (TPSA) is 0 Å². The number of halogens is 1. The molecule has 1 aromatic carbocycles. The fourth-order valence-corrected chi connectivity index (χ4v) is 3.89. The van der Waals surface area contributed by atoms with Crippen molar-refractivity contribution in [3.63, 3.8) is 0 Å². The van der Waals surface area contributed by atoms with Crippen molar-refractivity contribution >= 4 is 12.4 Å². The average molecular weight is 420 g/mol. The Balaban J connectivity index is 0. The Kier molecular flexibility index (Phi) is 22.7. The van der Waals surface area contributed by atoms with E-state index in [0.29, 0.717) is 0 Å². The van der Waals surface area contributed by atoms with E-state index < -0.39 is 0 Å². The van der Waals surface area contributed by atoms with Crippen LogP contribution in [0.1, 0.15) is 102 Å². The molecule has 0 N–H and O–H groups in total. The molecule has 28 heavy (non-hydrogen) atoms. The third-order valence-electron chi connectivity index (χ3n) is 5.57. The Morgan fingerprint density at radius 3 is 1.43 bits per heavy atom. The molecule has 0 aliphatic heterocycles. The Bertz CT molecular complexity index is 422. The van der Waals surface area contributed by atoms with Crippen LogP contribution in [0.2, 0.25) is 0 Å². The van der Waals surface area contributed by atoms with Gasteiger partial charge < -0.3 is 4.48 Å². The molecule has 0 heterocycles. The van der Waals surface area contributed by atoms with Gasteiger partial charge in [-0.2, -0.15) is 0 Å². The van der Waals surface area contributed by atoms with Gasteiger partial charge in [-0.15, -0.1) is 12.4 Å². The number of benzene rings is 1. The zero-order valence-electron chi connectivity index (χ0n) is 19.6. The zero-order chi connectivity index (χ0) is 18.9. The summed E-state index contributed by atoms with van der Waals surface area (Å²) in [5.41, 5.74) is 1.46. The molecule has 0 atom stereocenters. The minimum Gasteiger partial charge on any atom is -0.325 e. The van der Waals surface area contributed by atoms with Crippen LogP contribution >= 0.6 is 12.4 Å². The normalized spacial score (nSPS) is 11.0. The minimum atomic E-state index is 0. The molecule has 1 aromatic rings. The van der Waals surface area contributed by atoms with Gasteiger partial charge in [0.2, 0.25) is 0 Å². The molecule has 3 heteroatoms. The first-order valence-electron chi connectivity index (χ1n) is 11.5. The van der Waals surface area contributed by atoms with E-state index in [1.165, 1.54) is 102 Å². The van der Waals surface area contributed by atoms with Crippen molar-refractivity contribution < 1.29 is 34.0 Å². The maximum atomic E-state index is 2.37. The van der Waals surface area contributed by atoms with Crippen molar-refractivity contribution in [1.82, 2.24) is 0 Å². The summed E-state index contributed by atoms with van der Waals surface area (Å²) >= 11 is 0. The molecule has 158 valence electrons. The van der Waals surface area contributed by atoms with E-state index in [1.807, 2.05) is 0 Å². The Labute approximate surface area is 205 Å². The van der Waals surface area contributed by atoms with Crippen molar-refractivity contribution in [3.05, 3.63) is 35.9 Å². The van der Waals surface area contributed by atoms with Crippen LogP contribution in [0.4, 0.5) is 0 Å². The van der Waals surface area contributed by atoms with Crippen LogP contribution in [0.15, 0.2) is 30.3 Å². The quantitative estimate of drug-likeness (QED) is 0.185. The smallest absolute Gasteiger partial charge is 0.325 e. The van der Waals surface area contributed by atoms with Gasteiger partial charge in [-0.25, -0.2) is 0 Å². The average Bonchev–Trinajstić information content (AvgIpc) is 2.62. The monoisotopic (exact) mass is 419 g/mol. The van der Waals surface area contributed by atoms with E-state index in [4.69, 9.17) is 0 Å². The van der Waals surface area contributed by atoms with Crippen LogP contribution in [0, 0.1) is 0 Å². The zero-order valence-corrected chi connectivity index (χ0v) is 22.4. The fraction of sp³-hybridized carbons (Fsp3) is 0.760. The minimum absolute atomic E-state index is 0. The summed E-state index contributed by atoms with van der Waals surface area (Å²) in [6.07, 6.45) is 20.2. The molecule has 0 bridgehead atoms. The number of quaternary nitrogens is 1. The van der Waals surface area contributed by atoms with Gasteiger partial charge in [0, 0.05) is 5.56 Å². The van der Waals surface area contributed by atoms with Crippen LogP contribution < -0.4 is 29.6 Å². The maximum absolute atomic E-state index is 2.37. The second-order valence-electron chi connectivity index (χ2n) is 8.90. The summed E-state index contributed by atoms with van der Waals surface area (Å²) in [7, 11) is 4.74. The molecule has 0 aromatic heterocycles. The van der Waals surface area contributed by atoms with E-state index in [9.17, 15) is 0 Å². The third-order valence-corrected chi connectivity index (χ3v) is 5.57. The summed E-state index contributed by atoms with van der Waals surface area (Å²) in [6.45, 7) is 4.75. The summed E-state index contributed by atoms with van der Waals surface area (Å²) in [5.74, 6) is 0. The van der Waals surface area contributed by atoms with Gasteiger partial charge in [-0.05, 0) is 12.8 Å². The molecule has 0 aliphatic carbocycles. The third kappa shape index (κ3) is 18.5. The van der Waals surface area contributed by atoms with E-state index in [2.05, 4.69) is 51.4 Å². The van der Waals surface area contributed by atoms with Gasteiger partial charge in [0.1, 0.15) is 6.54 Å². The first-order chi connectivity index (χ1) is 12.6. The van der Waals surface area contributed by atoms with Crippen LogP contribution in [-0.4, -0.2) is 25.1 Å². The first-order valence-corrected chi connectivity index (χ1v) is 11.5. The van der Waals surface area contributed by atoms with Gasteiger partial charge >= 0.3 is 29.6 Å². The van der Waals surface area contributed by atoms with E-state index >= 15 is 0 Å². The first kappa shape index (κ1) is 30.7.